The largest absolute Gasteiger partial charge is 0.393 e. The first-order valence-electron chi connectivity index (χ1n) is 6.26. The van der Waals surface area contributed by atoms with Gasteiger partial charge in [-0.2, -0.15) is 0 Å². The Morgan fingerprint density at radius 1 is 1.56 bits per heavy atom. The molecule has 2 unspecified atom stereocenters. The van der Waals surface area contributed by atoms with Crippen molar-refractivity contribution in [3.05, 3.63) is 28.0 Å². The van der Waals surface area contributed by atoms with Crippen LogP contribution in [0.4, 0.5) is 0 Å². The zero-order chi connectivity index (χ0) is 13.1. The fourth-order valence-corrected chi connectivity index (χ4v) is 2.84. The van der Waals surface area contributed by atoms with Crippen molar-refractivity contribution in [2.75, 3.05) is 13.1 Å². The Morgan fingerprint density at radius 2 is 2.33 bits per heavy atom. The van der Waals surface area contributed by atoms with Gasteiger partial charge in [-0.05, 0) is 38.3 Å². The maximum atomic E-state index is 9.67. The summed E-state index contributed by atoms with van der Waals surface area (Å²) in [4.78, 5) is 6.57. The van der Waals surface area contributed by atoms with Crippen LogP contribution in [0.1, 0.15) is 25.5 Å². The predicted molar refractivity (Wildman–Crippen MR) is 73.9 cm³/mol. The summed E-state index contributed by atoms with van der Waals surface area (Å²) in [7, 11) is 0. The fourth-order valence-electron chi connectivity index (χ4n) is 2.40. The minimum absolute atomic E-state index is 0.249. The van der Waals surface area contributed by atoms with E-state index in [2.05, 4.69) is 9.88 Å². The second kappa shape index (κ2) is 6.20. The number of aliphatic hydroxyl groups excluding tert-OH is 1. The zero-order valence-corrected chi connectivity index (χ0v) is 12.0. The molecule has 3 nitrogen and oxygen atoms in total. The highest BCUT2D eigenvalue weighted by Gasteiger charge is 2.24. The molecule has 100 valence electrons. The van der Waals surface area contributed by atoms with Crippen molar-refractivity contribution in [1.82, 2.24) is 9.88 Å². The van der Waals surface area contributed by atoms with E-state index in [1.165, 1.54) is 0 Å². The maximum Gasteiger partial charge on any atom is 0.0730 e. The minimum Gasteiger partial charge on any atom is -0.393 e. The Kier molecular flexibility index (Phi) is 4.84. The summed E-state index contributed by atoms with van der Waals surface area (Å²) in [6.45, 7) is 4.52. The van der Waals surface area contributed by atoms with Crippen molar-refractivity contribution in [1.29, 1.82) is 0 Å². The molecule has 2 rings (SSSR count). The number of pyridine rings is 1. The van der Waals surface area contributed by atoms with E-state index in [4.69, 9.17) is 23.2 Å². The number of hydrogen-bond donors (Lipinski definition) is 1. The molecule has 1 N–H and O–H groups in total. The highest BCUT2D eigenvalue weighted by atomic mass is 35.5. The molecule has 1 fully saturated rings. The molecule has 1 aromatic rings. The quantitative estimate of drug-likeness (QED) is 0.929. The molecule has 2 heterocycles. The molecule has 0 spiro atoms. The van der Waals surface area contributed by atoms with Crippen molar-refractivity contribution < 1.29 is 5.11 Å². The lowest BCUT2D eigenvalue weighted by molar-refractivity contribution is 0.0594. The molecule has 0 aromatic carbocycles. The number of aromatic nitrogens is 1. The van der Waals surface area contributed by atoms with E-state index >= 15 is 0 Å². The average molecular weight is 289 g/mol. The Labute approximate surface area is 118 Å². The molecule has 1 aliphatic rings. The highest BCUT2D eigenvalue weighted by Crippen LogP contribution is 2.24. The molecule has 1 aliphatic heterocycles. The molecular formula is C13H18Cl2N2O. The molecule has 18 heavy (non-hydrogen) atoms. The predicted octanol–water partition coefficient (Wildman–Crippen LogP) is 2.98. The fraction of sp³-hybridized carbons (Fsp3) is 0.615. The molecule has 0 radical (unpaired) electrons. The second-order valence-electron chi connectivity index (χ2n) is 4.96. The van der Waals surface area contributed by atoms with E-state index in [0.717, 1.165) is 38.2 Å². The lowest BCUT2D eigenvalue weighted by Crippen LogP contribution is -2.39. The summed E-state index contributed by atoms with van der Waals surface area (Å²) in [5.41, 5.74) is 0.854. The second-order valence-corrected chi connectivity index (χ2v) is 5.80. The number of nitrogens with zero attached hydrogens (tertiary/aromatic N) is 2. The van der Waals surface area contributed by atoms with Gasteiger partial charge in [0.15, 0.2) is 0 Å². The lowest BCUT2D eigenvalue weighted by atomic mass is 9.93. The zero-order valence-electron chi connectivity index (χ0n) is 10.4. The van der Waals surface area contributed by atoms with E-state index in [0.29, 0.717) is 16.0 Å². The molecule has 0 bridgehead atoms. The Balaban J connectivity index is 2.00. The van der Waals surface area contributed by atoms with Gasteiger partial charge in [-0.15, -0.1) is 0 Å². The van der Waals surface area contributed by atoms with Gasteiger partial charge in [0.25, 0.3) is 0 Å². The van der Waals surface area contributed by atoms with Crippen LogP contribution in [0.25, 0.3) is 0 Å². The van der Waals surface area contributed by atoms with Crippen LogP contribution < -0.4 is 0 Å². The lowest BCUT2D eigenvalue weighted by Gasteiger charge is -2.34. The van der Waals surface area contributed by atoms with Gasteiger partial charge in [0.2, 0.25) is 0 Å². The van der Waals surface area contributed by atoms with Gasteiger partial charge in [0.05, 0.1) is 21.8 Å². The van der Waals surface area contributed by atoms with Gasteiger partial charge >= 0.3 is 0 Å². The molecule has 0 amide bonds. The van der Waals surface area contributed by atoms with Gasteiger partial charge in [-0.1, -0.05) is 23.2 Å². The van der Waals surface area contributed by atoms with Crippen LogP contribution in [0.15, 0.2) is 12.3 Å². The number of likely N-dealkylation sites (tertiary alicyclic amines) is 1. The smallest absolute Gasteiger partial charge is 0.0730 e. The first-order chi connectivity index (χ1) is 8.56. The van der Waals surface area contributed by atoms with Crippen LogP contribution in [0, 0.1) is 5.92 Å². The number of halogens is 2. The van der Waals surface area contributed by atoms with Crippen LogP contribution in [-0.4, -0.2) is 34.2 Å². The number of rotatable bonds is 3. The summed E-state index contributed by atoms with van der Waals surface area (Å²) in [5.74, 6) is 0.352. The molecule has 0 aliphatic carbocycles. The third-order valence-corrected chi connectivity index (χ3v) is 4.02. The van der Waals surface area contributed by atoms with Crippen molar-refractivity contribution in [3.63, 3.8) is 0 Å². The van der Waals surface area contributed by atoms with Gasteiger partial charge in [-0.25, -0.2) is 0 Å². The van der Waals surface area contributed by atoms with Crippen LogP contribution in [0.5, 0.6) is 0 Å². The molecular weight excluding hydrogens is 271 g/mol. The minimum atomic E-state index is -0.249. The monoisotopic (exact) mass is 288 g/mol. The number of aliphatic hydroxyl groups is 1. The van der Waals surface area contributed by atoms with Crippen molar-refractivity contribution in [2.45, 2.75) is 32.4 Å². The van der Waals surface area contributed by atoms with Crippen LogP contribution in [-0.2, 0) is 6.54 Å². The summed E-state index contributed by atoms with van der Waals surface area (Å²) in [5, 5.41) is 10.8. The van der Waals surface area contributed by atoms with Gasteiger partial charge in [0.1, 0.15) is 0 Å². The Bertz CT molecular complexity index is 412. The number of piperidine rings is 1. The SMILES string of the molecule is CC(O)C1CCCN(Cc2ncc(Cl)cc2Cl)C1. The molecule has 1 saturated heterocycles. The van der Waals surface area contributed by atoms with E-state index in [1.54, 1.807) is 12.3 Å². The molecule has 2 atom stereocenters. The standard InChI is InChI=1S/C13H18Cl2N2O/c1-9(18)10-3-2-4-17(7-10)8-13-12(15)5-11(14)6-16-13/h5-6,9-10,18H,2-4,7-8H2,1H3. The van der Waals surface area contributed by atoms with E-state index in [-0.39, 0.29) is 6.10 Å². The molecule has 0 saturated carbocycles. The third kappa shape index (κ3) is 3.58. The normalized spacial score (nSPS) is 23.0. The Hall–Kier alpha value is -0.350. The summed E-state index contributed by atoms with van der Waals surface area (Å²) < 4.78 is 0. The van der Waals surface area contributed by atoms with E-state index in [9.17, 15) is 5.11 Å². The van der Waals surface area contributed by atoms with E-state index in [1.807, 2.05) is 6.92 Å². The maximum absolute atomic E-state index is 9.67. The third-order valence-electron chi connectivity index (χ3n) is 3.48. The average Bonchev–Trinajstić information content (AvgIpc) is 2.33. The van der Waals surface area contributed by atoms with Gasteiger partial charge in [-0.3, -0.25) is 9.88 Å². The summed E-state index contributed by atoms with van der Waals surface area (Å²) >= 11 is 12.0. The van der Waals surface area contributed by atoms with Crippen LogP contribution in [0.2, 0.25) is 10.0 Å². The van der Waals surface area contributed by atoms with Crippen LogP contribution in [0.3, 0.4) is 0 Å². The first kappa shape index (κ1) is 14.1. The Morgan fingerprint density at radius 3 is 3.00 bits per heavy atom. The van der Waals surface area contributed by atoms with Gasteiger partial charge < -0.3 is 5.11 Å². The number of hydrogen-bond acceptors (Lipinski definition) is 3. The van der Waals surface area contributed by atoms with Gasteiger partial charge in [0, 0.05) is 19.3 Å². The molecule has 5 heteroatoms. The molecule has 1 aromatic heterocycles. The van der Waals surface area contributed by atoms with Crippen LogP contribution >= 0.6 is 23.2 Å². The van der Waals surface area contributed by atoms with Crippen molar-refractivity contribution in [3.8, 4) is 0 Å². The first-order valence-corrected chi connectivity index (χ1v) is 7.02. The summed E-state index contributed by atoms with van der Waals surface area (Å²) in [6, 6.07) is 1.72. The van der Waals surface area contributed by atoms with E-state index < -0.39 is 0 Å². The summed E-state index contributed by atoms with van der Waals surface area (Å²) in [6.07, 6.45) is 3.58. The van der Waals surface area contributed by atoms with Crippen molar-refractivity contribution >= 4 is 23.2 Å². The van der Waals surface area contributed by atoms with Crippen molar-refractivity contribution in [2.24, 2.45) is 5.92 Å². The topological polar surface area (TPSA) is 36.4 Å². The highest BCUT2D eigenvalue weighted by molar-refractivity contribution is 6.34.